The van der Waals surface area contributed by atoms with Gasteiger partial charge in [0.15, 0.2) is 5.56 Å². The van der Waals surface area contributed by atoms with E-state index in [1.165, 1.54) is 6.92 Å². The van der Waals surface area contributed by atoms with Crippen molar-refractivity contribution in [1.29, 1.82) is 0 Å². The third kappa shape index (κ3) is 2.05. The van der Waals surface area contributed by atoms with Gasteiger partial charge in [0.1, 0.15) is 0 Å². The number of nitrogens with zero attached hydrogens (tertiary/aromatic N) is 2. The van der Waals surface area contributed by atoms with E-state index in [0.717, 1.165) is 19.3 Å². The highest BCUT2D eigenvalue weighted by molar-refractivity contribution is 5.94. The van der Waals surface area contributed by atoms with E-state index < -0.39 is 10.9 Å². The summed E-state index contributed by atoms with van der Waals surface area (Å²) in [5, 5.41) is 20.3. The second-order valence-corrected chi connectivity index (χ2v) is 4.47. The van der Waals surface area contributed by atoms with Gasteiger partial charge < -0.3 is 5.11 Å². The highest BCUT2D eigenvalue weighted by Gasteiger charge is 2.30. The van der Waals surface area contributed by atoms with Gasteiger partial charge in [-0.05, 0) is 32.6 Å². The van der Waals surface area contributed by atoms with Crippen molar-refractivity contribution in [3.05, 3.63) is 32.6 Å². The maximum atomic E-state index is 11.2. The fraction of sp³-hybridized carbons (Fsp3) is 0.500. The third-order valence-electron chi connectivity index (χ3n) is 3.27. The number of rotatable bonds is 2. The summed E-state index contributed by atoms with van der Waals surface area (Å²) in [6.45, 7) is 1.52. The molecule has 0 saturated heterocycles. The van der Waals surface area contributed by atoms with Gasteiger partial charge in [-0.3, -0.25) is 15.1 Å². The van der Waals surface area contributed by atoms with Crippen LogP contribution in [0.15, 0.2) is 0 Å². The Morgan fingerprint density at radius 2 is 2.00 bits per heavy atom. The van der Waals surface area contributed by atoms with Crippen LogP contribution < -0.4 is 0 Å². The third-order valence-corrected chi connectivity index (χ3v) is 3.27. The molecule has 1 aromatic heterocycles. The van der Waals surface area contributed by atoms with Crippen molar-refractivity contribution in [2.75, 3.05) is 0 Å². The first-order valence-electron chi connectivity index (χ1n) is 5.92. The van der Waals surface area contributed by atoms with Crippen LogP contribution in [-0.2, 0) is 12.8 Å². The minimum absolute atomic E-state index is 0.231. The van der Waals surface area contributed by atoms with Crippen molar-refractivity contribution in [2.24, 2.45) is 0 Å². The maximum absolute atomic E-state index is 11.2. The highest BCUT2D eigenvalue weighted by Crippen LogP contribution is 2.32. The molecule has 1 aromatic rings. The number of hydrogen-bond acceptors (Lipinski definition) is 4. The quantitative estimate of drug-likeness (QED) is 0.493. The van der Waals surface area contributed by atoms with Crippen LogP contribution in [0, 0.1) is 17.0 Å². The predicted molar refractivity (Wildman–Crippen MR) is 63.8 cm³/mol. The van der Waals surface area contributed by atoms with Gasteiger partial charge in [-0.15, -0.1) is 0 Å². The summed E-state index contributed by atoms with van der Waals surface area (Å²) in [5.41, 5.74) is 0.921. The first-order valence-corrected chi connectivity index (χ1v) is 5.92. The molecule has 0 unspecified atom stereocenters. The lowest BCUT2D eigenvalue weighted by Gasteiger charge is -2.10. The number of aromatic nitrogens is 1. The molecule has 6 nitrogen and oxygen atoms in total. The summed E-state index contributed by atoms with van der Waals surface area (Å²) >= 11 is 0. The Bertz CT molecular complexity index is 525. The van der Waals surface area contributed by atoms with E-state index in [1.807, 2.05) is 0 Å². The fourth-order valence-corrected chi connectivity index (χ4v) is 2.48. The Kier molecular flexibility index (Phi) is 3.27. The lowest BCUT2D eigenvalue weighted by Crippen LogP contribution is -2.12. The van der Waals surface area contributed by atoms with Crippen LogP contribution >= 0.6 is 0 Å². The molecule has 0 atom stereocenters. The van der Waals surface area contributed by atoms with Gasteiger partial charge in [-0.1, -0.05) is 6.42 Å². The molecule has 96 valence electrons. The zero-order valence-corrected chi connectivity index (χ0v) is 10.1. The Morgan fingerprint density at radius 1 is 1.33 bits per heavy atom. The van der Waals surface area contributed by atoms with E-state index in [0.29, 0.717) is 24.1 Å². The summed E-state index contributed by atoms with van der Waals surface area (Å²) in [6.07, 6.45) is 4.02. The number of fused-ring (bicyclic) bond motifs is 1. The fourth-order valence-electron chi connectivity index (χ4n) is 2.48. The number of carbonyl (C=O) groups is 1. The average Bonchev–Trinajstić information content (AvgIpc) is 2.51. The van der Waals surface area contributed by atoms with Gasteiger partial charge in [0.05, 0.1) is 21.9 Å². The van der Waals surface area contributed by atoms with E-state index in [1.54, 1.807) is 0 Å². The molecule has 0 saturated carbocycles. The van der Waals surface area contributed by atoms with Gasteiger partial charge in [0.2, 0.25) is 0 Å². The Labute approximate surface area is 104 Å². The molecule has 0 spiro atoms. The number of aryl methyl sites for hydroxylation is 2. The second kappa shape index (κ2) is 4.72. The van der Waals surface area contributed by atoms with Gasteiger partial charge in [0.25, 0.3) is 5.69 Å². The molecular formula is C12H14N2O4. The molecule has 18 heavy (non-hydrogen) atoms. The normalized spacial score (nSPS) is 14.7. The van der Waals surface area contributed by atoms with Crippen LogP contribution in [0.4, 0.5) is 5.69 Å². The van der Waals surface area contributed by atoms with E-state index >= 15 is 0 Å². The Balaban J connectivity index is 2.74. The summed E-state index contributed by atoms with van der Waals surface area (Å²) in [5.74, 6) is -1.28. The summed E-state index contributed by atoms with van der Waals surface area (Å²) < 4.78 is 0. The highest BCUT2D eigenvalue weighted by atomic mass is 16.6. The van der Waals surface area contributed by atoms with Crippen LogP contribution in [-0.4, -0.2) is 21.0 Å². The van der Waals surface area contributed by atoms with Crippen LogP contribution in [0.2, 0.25) is 0 Å². The summed E-state index contributed by atoms with van der Waals surface area (Å²) in [4.78, 5) is 26.0. The molecule has 1 aliphatic rings. The van der Waals surface area contributed by atoms with Crippen LogP contribution in [0.25, 0.3) is 0 Å². The SMILES string of the molecule is Cc1nc2c(c([N+](=O)[O-])c1C(=O)O)CCCCC2. The standard InChI is InChI=1S/C12H14N2O4/c1-7-10(12(15)16)11(14(17)18)8-5-3-2-4-6-9(8)13-7/h2-6H2,1H3,(H,15,16). The molecule has 0 amide bonds. The molecule has 6 heteroatoms. The van der Waals surface area contributed by atoms with Crippen molar-refractivity contribution >= 4 is 11.7 Å². The van der Waals surface area contributed by atoms with Crippen molar-refractivity contribution in [2.45, 2.75) is 39.0 Å². The molecule has 0 aliphatic heterocycles. The zero-order valence-electron chi connectivity index (χ0n) is 10.1. The molecule has 1 aliphatic carbocycles. The minimum atomic E-state index is -1.28. The van der Waals surface area contributed by atoms with Gasteiger partial charge >= 0.3 is 5.97 Å². The van der Waals surface area contributed by atoms with E-state index in [9.17, 15) is 14.9 Å². The van der Waals surface area contributed by atoms with Crippen molar-refractivity contribution < 1.29 is 14.8 Å². The first kappa shape index (κ1) is 12.5. The minimum Gasteiger partial charge on any atom is -0.477 e. The Hall–Kier alpha value is -1.98. The number of carboxylic acid groups (broad SMARTS) is 1. The van der Waals surface area contributed by atoms with E-state index in [-0.39, 0.29) is 16.9 Å². The molecule has 0 fully saturated rings. The first-order chi connectivity index (χ1) is 8.52. The predicted octanol–water partition coefficient (Wildman–Crippen LogP) is 2.27. The number of aromatic carboxylic acids is 1. The molecule has 2 rings (SSSR count). The maximum Gasteiger partial charge on any atom is 0.344 e. The molecule has 0 radical (unpaired) electrons. The van der Waals surface area contributed by atoms with E-state index in [4.69, 9.17) is 5.11 Å². The summed E-state index contributed by atoms with van der Waals surface area (Å²) in [7, 11) is 0. The molecule has 1 N–H and O–H groups in total. The molecular weight excluding hydrogens is 236 g/mol. The summed E-state index contributed by atoms with van der Waals surface area (Å²) in [6, 6.07) is 0. The lowest BCUT2D eigenvalue weighted by molar-refractivity contribution is -0.386. The monoisotopic (exact) mass is 250 g/mol. The van der Waals surface area contributed by atoms with Gasteiger partial charge in [-0.2, -0.15) is 0 Å². The smallest absolute Gasteiger partial charge is 0.344 e. The van der Waals surface area contributed by atoms with Crippen molar-refractivity contribution in [1.82, 2.24) is 4.98 Å². The lowest BCUT2D eigenvalue weighted by atomic mass is 10.0. The number of hydrogen-bond donors (Lipinski definition) is 1. The number of nitro groups is 1. The molecule has 0 aromatic carbocycles. The largest absolute Gasteiger partial charge is 0.477 e. The molecule has 0 bridgehead atoms. The van der Waals surface area contributed by atoms with Gasteiger partial charge in [-0.25, -0.2) is 4.79 Å². The van der Waals surface area contributed by atoms with Crippen LogP contribution in [0.5, 0.6) is 0 Å². The van der Waals surface area contributed by atoms with Crippen LogP contribution in [0.3, 0.4) is 0 Å². The van der Waals surface area contributed by atoms with Crippen LogP contribution in [0.1, 0.15) is 46.6 Å². The van der Waals surface area contributed by atoms with Crippen molar-refractivity contribution in [3.8, 4) is 0 Å². The topological polar surface area (TPSA) is 93.3 Å². The second-order valence-electron chi connectivity index (χ2n) is 4.47. The average molecular weight is 250 g/mol. The molecule has 1 heterocycles. The number of pyridine rings is 1. The number of carboxylic acids is 1. The van der Waals surface area contributed by atoms with E-state index in [2.05, 4.69) is 4.98 Å². The Morgan fingerprint density at radius 3 is 2.61 bits per heavy atom. The van der Waals surface area contributed by atoms with Gasteiger partial charge in [0, 0.05) is 0 Å². The zero-order chi connectivity index (χ0) is 13.3. The van der Waals surface area contributed by atoms with Crippen molar-refractivity contribution in [3.63, 3.8) is 0 Å².